The molecule has 0 saturated carbocycles. The molecule has 5 heteroatoms. The van der Waals surface area contributed by atoms with E-state index in [4.69, 9.17) is 0 Å². The second kappa shape index (κ2) is 6.30. The van der Waals surface area contributed by atoms with Crippen molar-refractivity contribution in [1.82, 2.24) is 14.9 Å². The lowest BCUT2D eigenvalue weighted by Crippen LogP contribution is -2.25. The van der Waals surface area contributed by atoms with Crippen molar-refractivity contribution in [3.8, 4) is 0 Å². The first-order valence-electron chi connectivity index (χ1n) is 6.25. The molecule has 0 aliphatic heterocycles. The van der Waals surface area contributed by atoms with Gasteiger partial charge in [0.2, 0.25) is 0 Å². The van der Waals surface area contributed by atoms with E-state index in [0.29, 0.717) is 12.0 Å². The zero-order valence-electron chi connectivity index (χ0n) is 11.0. The Hall–Kier alpha value is -1.20. The largest absolute Gasteiger partial charge is 0.336 e. The number of nitrogens with one attached hydrogen (secondary N) is 1. The van der Waals surface area contributed by atoms with Crippen LogP contribution in [0, 0.1) is 5.82 Å². The van der Waals surface area contributed by atoms with E-state index in [2.05, 4.69) is 26.2 Å². The van der Waals surface area contributed by atoms with Gasteiger partial charge in [0.25, 0.3) is 0 Å². The molecular weight excluding hydrogens is 309 g/mol. The Morgan fingerprint density at radius 2 is 2.26 bits per heavy atom. The van der Waals surface area contributed by atoms with Gasteiger partial charge < -0.3 is 9.88 Å². The van der Waals surface area contributed by atoms with Crippen LogP contribution in [0.2, 0.25) is 0 Å². The van der Waals surface area contributed by atoms with Gasteiger partial charge in [-0.25, -0.2) is 9.37 Å². The van der Waals surface area contributed by atoms with E-state index >= 15 is 0 Å². The molecule has 1 N–H and O–H groups in total. The fourth-order valence-corrected chi connectivity index (χ4v) is 2.47. The Kier molecular flexibility index (Phi) is 4.71. The van der Waals surface area contributed by atoms with Crippen molar-refractivity contribution in [3.63, 3.8) is 0 Å². The zero-order chi connectivity index (χ0) is 13.8. The second-order valence-electron chi connectivity index (χ2n) is 4.48. The SMILES string of the molecule is CCNC(Cc1ccc(Br)cc1F)c1cncn1C. The number of hydrogen-bond acceptors (Lipinski definition) is 2. The van der Waals surface area contributed by atoms with Gasteiger partial charge in [-0.3, -0.25) is 0 Å². The summed E-state index contributed by atoms with van der Waals surface area (Å²) in [5.41, 5.74) is 1.76. The van der Waals surface area contributed by atoms with E-state index < -0.39 is 0 Å². The average molecular weight is 326 g/mol. The summed E-state index contributed by atoms with van der Waals surface area (Å²) < 4.78 is 16.6. The van der Waals surface area contributed by atoms with Gasteiger partial charge in [0.05, 0.1) is 18.1 Å². The number of aryl methyl sites for hydroxylation is 1. The van der Waals surface area contributed by atoms with Gasteiger partial charge in [0.1, 0.15) is 5.82 Å². The molecule has 1 aromatic carbocycles. The summed E-state index contributed by atoms with van der Waals surface area (Å²) in [5, 5.41) is 3.38. The summed E-state index contributed by atoms with van der Waals surface area (Å²) in [6.07, 6.45) is 4.19. The third kappa shape index (κ3) is 3.42. The van der Waals surface area contributed by atoms with Crippen molar-refractivity contribution in [2.45, 2.75) is 19.4 Å². The molecule has 0 aliphatic carbocycles. The molecule has 0 bridgehead atoms. The molecule has 1 heterocycles. The highest BCUT2D eigenvalue weighted by atomic mass is 79.9. The summed E-state index contributed by atoms with van der Waals surface area (Å²) in [7, 11) is 1.95. The highest BCUT2D eigenvalue weighted by Crippen LogP contribution is 2.22. The highest BCUT2D eigenvalue weighted by Gasteiger charge is 2.16. The van der Waals surface area contributed by atoms with E-state index in [1.165, 1.54) is 6.07 Å². The van der Waals surface area contributed by atoms with Gasteiger partial charge in [0, 0.05) is 17.7 Å². The van der Waals surface area contributed by atoms with E-state index in [9.17, 15) is 4.39 Å². The molecule has 3 nitrogen and oxygen atoms in total. The van der Waals surface area contributed by atoms with Crippen LogP contribution < -0.4 is 5.32 Å². The van der Waals surface area contributed by atoms with Crippen LogP contribution in [-0.4, -0.2) is 16.1 Å². The van der Waals surface area contributed by atoms with Crippen LogP contribution in [0.3, 0.4) is 0 Å². The van der Waals surface area contributed by atoms with Crippen LogP contribution in [0.15, 0.2) is 35.2 Å². The summed E-state index contributed by atoms with van der Waals surface area (Å²) in [4.78, 5) is 4.12. The maximum absolute atomic E-state index is 13.9. The number of nitrogens with zero attached hydrogens (tertiary/aromatic N) is 2. The van der Waals surface area contributed by atoms with E-state index in [1.54, 1.807) is 6.33 Å². The topological polar surface area (TPSA) is 29.9 Å². The number of likely N-dealkylation sites (N-methyl/N-ethyl adjacent to an activating group) is 1. The van der Waals surface area contributed by atoms with Gasteiger partial charge in [-0.15, -0.1) is 0 Å². The maximum atomic E-state index is 13.9. The van der Waals surface area contributed by atoms with Crippen molar-refractivity contribution in [2.75, 3.05) is 6.54 Å². The van der Waals surface area contributed by atoms with Crippen molar-refractivity contribution in [1.29, 1.82) is 0 Å². The number of benzene rings is 1. The summed E-state index contributed by atoms with van der Waals surface area (Å²) in [6.45, 7) is 2.87. The van der Waals surface area contributed by atoms with Crippen molar-refractivity contribution in [3.05, 3.63) is 52.3 Å². The zero-order valence-corrected chi connectivity index (χ0v) is 12.6. The molecule has 0 radical (unpaired) electrons. The van der Waals surface area contributed by atoms with Crippen molar-refractivity contribution >= 4 is 15.9 Å². The first kappa shape index (κ1) is 14.2. The molecule has 0 aliphatic rings. The van der Waals surface area contributed by atoms with E-state index in [1.807, 2.05) is 36.9 Å². The van der Waals surface area contributed by atoms with Crippen molar-refractivity contribution < 1.29 is 4.39 Å². The maximum Gasteiger partial charge on any atom is 0.127 e. The molecule has 0 fully saturated rings. The van der Waals surface area contributed by atoms with Crippen LogP contribution in [0.4, 0.5) is 4.39 Å². The molecule has 1 aromatic heterocycles. The number of halogens is 2. The monoisotopic (exact) mass is 325 g/mol. The fourth-order valence-electron chi connectivity index (χ4n) is 2.14. The smallest absolute Gasteiger partial charge is 0.127 e. The second-order valence-corrected chi connectivity index (χ2v) is 5.40. The molecule has 19 heavy (non-hydrogen) atoms. The molecule has 0 amide bonds. The third-order valence-corrected chi connectivity index (χ3v) is 3.59. The molecule has 1 atom stereocenters. The van der Waals surface area contributed by atoms with Gasteiger partial charge in [-0.05, 0) is 30.7 Å². The van der Waals surface area contributed by atoms with Crippen LogP contribution in [0.5, 0.6) is 0 Å². The van der Waals surface area contributed by atoms with Gasteiger partial charge in [-0.2, -0.15) is 0 Å². The molecular formula is C14H17BrFN3. The minimum atomic E-state index is -0.181. The Labute approximate surface area is 121 Å². The van der Waals surface area contributed by atoms with E-state index in [0.717, 1.165) is 16.7 Å². The molecule has 0 spiro atoms. The fraction of sp³-hybridized carbons (Fsp3) is 0.357. The third-order valence-electron chi connectivity index (χ3n) is 3.10. The van der Waals surface area contributed by atoms with Gasteiger partial charge >= 0.3 is 0 Å². The summed E-state index contributed by atoms with van der Waals surface area (Å²) >= 11 is 3.27. The lowest BCUT2D eigenvalue weighted by Gasteiger charge is -2.19. The molecule has 102 valence electrons. The predicted molar refractivity (Wildman–Crippen MR) is 77.4 cm³/mol. The first-order valence-corrected chi connectivity index (χ1v) is 7.04. The molecule has 0 saturated heterocycles. The Bertz CT molecular complexity index is 553. The first-order chi connectivity index (χ1) is 9.11. The minimum Gasteiger partial charge on any atom is -0.336 e. The summed E-state index contributed by atoms with van der Waals surface area (Å²) in [6, 6.07) is 5.25. The number of aromatic nitrogens is 2. The lowest BCUT2D eigenvalue weighted by atomic mass is 10.0. The molecule has 2 rings (SSSR count). The molecule has 1 unspecified atom stereocenters. The molecule has 2 aromatic rings. The standard InChI is InChI=1S/C14H17BrFN3/c1-3-18-13(14-8-17-9-19(14)2)6-10-4-5-11(15)7-12(10)16/h4-5,7-9,13,18H,3,6H2,1-2H3. The lowest BCUT2D eigenvalue weighted by molar-refractivity contribution is 0.505. The Balaban J connectivity index is 2.24. The Morgan fingerprint density at radius 1 is 1.47 bits per heavy atom. The van der Waals surface area contributed by atoms with Crippen molar-refractivity contribution in [2.24, 2.45) is 7.05 Å². The number of rotatable bonds is 5. The minimum absolute atomic E-state index is 0.0631. The quantitative estimate of drug-likeness (QED) is 0.914. The highest BCUT2D eigenvalue weighted by molar-refractivity contribution is 9.10. The van der Waals surface area contributed by atoms with Crippen LogP contribution in [0.25, 0.3) is 0 Å². The Morgan fingerprint density at radius 3 is 2.84 bits per heavy atom. The van der Waals surface area contributed by atoms with Crippen LogP contribution in [-0.2, 0) is 13.5 Å². The van der Waals surface area contributed by atoms with Crippen LogP contribution >= 0.6 is 15.9 Å². The van der Waals surface area contributed by atoms with E-state index in [-0.39, 0.29) is 11.9 Å². The normalized spacial score (nSPS) is 12.6. The van der Waals surface area contributed by atoms with Gasteiger partial charge in [0.15, 0.2) is 0 Å². The number of imidazole rings is 1. The van der Waals surface area contributed by atoms with Gasteiger partial charge in [-0.1, -0.05) is 28.9 Å². The van der Waals surface area contributed by atoms with Crippen LogP contribution in [0.1, 0.15) is 24.2 Å². The predicted octanol–water partition coefficient (Wildman–Crippen LogP) is 3.22. The average Bonchev–Trinajstić information content (AvgIpc) is 2.78. The summed E-state index contributed by atoms with van der Waals surface area (Å²) in [5.74, 6) is -0.181. The number of hydrogen-bond donors (Lipinski definition) is 1.